The number of rotatable bonds is 7. The molecule has 1 fully saturated rings. The molecule has 1 saturated carbocycles. The van der Waals surface area contributed by atoms with Gasteiger partial charge in [0.25, 0.3) is 0 Å². The molecule has 0 atom stereocenters. The van der Waals surface area contributed by atoms with Crippen molar-refractivity contribution in [1.82, 2.24) is 5.32 Å². The van der Waals surface area contributed by atoms with E-state index in [2.05, 4.69) is 39.1 Å². The van der Waals surface area contributed by atoms with Gasteiger partial charge in [0.1, 0.15) is 18.1 Å². The van der Waals surface area contributed by atoms with Gasteiger partial charge in [-0.1, -0.05) is 20.8 Å². The van der Waals surface area contributed by atoms with Crippen LogP contribution in [0.25, 0.3) is 0 Å². The van der Waals surface area contributed by atoms with Gasteiger partial charge in [-0.2, -0.15) is 0 Å². The fourth-order valence-corrected chi connectivity index (χ4v) is 2.91. The van der Waals surface area contributed by atoms with Crippen LogP contribution < -0.4 is 5.32 Å². The standard InChI is InChI=1S/C18H31NO2/c1-13(2)10-19-11-18-15(4)9-17(21-18)12-20-16-7-5-14(3)6-8-16/h9,13-14,16,19H,5-8,10-12H2,1-4H3. The molecule has 1 aromatic heterocycles. The van der Waals surface area contributed by atoms with E-state index >= 15 is 0 Å². The van der Waals surface area contributed by atoms with Crippen molar-refractivity contribution in [3.8, 4) is 0 Å². The minimum Gasteiger partial charge on any atom is -0.462 e. The number of ether oxygens (including phenoxy) is 1. The summed E-state index contributed by atoms with van der Waals surface area (Å²) in [5.74, 6) is 3.55. The fourth-order valence-electron chi connectivity index (χ4n) is 2.91. The van der Waals surface area contributed by atoms with Crippen LogP contribution in [0.1, 0.15) is 63.5 Å². The van der Waals surface area contributed by atoms with Crippen molar-refractivity contribution >= 4 is 0 Å². The summed E-state index contributed by atoms with van der Waals surface area (Å²) in [5.41, 5.74) is 1.22. The van der Waals surface area contributed by atoms with Crippen molar-refractivity contribution in [3.05, 3.63) is 23.2 Å². The van der Waals surface area contributed by atoms with Crippen LogP contribution in [0.15, 0.2) is 10.5 Å². The summed E-state index contributed by atoms with van der Waals surface area (Å²) in [5, 5.41) is 3.43. The van der Waals surface area contributed by atoms with Crippen molar-refractivity contribution in [3.63, 3.8) is 0 Å². The largest absolute Gasteiger partial charge is 0.462 e. The Morgan fingerprint density at radius 1 is 1.29 bits per heavy atom. The minimum atomic E-state index is 0.425. The molecule has 2 rings (SSSR count). The van der Waals surface area contributed by atoms with Crippen LogP contribution >= 0.6 is 0 Å². The van der Waals surface area contributed by atoms with Gasteiger partial charge in [0.2, 0.25) is 0 Å². The monoisotopic (exact) mass is 293 g/mol. The van der Waals surface area contributed by atoms with E-state index < -0.39 is 0 Å². The Hall–Kier alpha value is -0.800. The molecular weight excluding hydrogens is 262 g/mol. The fraction of sp³-hybridized carbons (Fsp3) is 0.778. The van der Waals surface area contributed by atoms with Gasteiger partial charge in [-0.15, -0.1) is 0 Å². The maximum atomic E-state index is 6.01. The summed E-state index contributed by atoms with van der Waals surface area (Å²) >= 11 is 0. The first-order chi connectivity index (χ1) is 10.0. The van der Waals surface area contributed by atoms with E-state index in [1.165, 1.54) is 31.2 Å². The molecule has 1 aliphatic carbocycles. The van der Waals surface area contributed by atoms with E-state index in [0.29, 0.717) is 18.6 Å². The normalized spacial score (nSPS) is 22.9. The molecular formula is C18H31NO2. The number of hydrogen-bond donors (Lipinski definition) is 1. The predicted octanol–water partition coefficient (Wildman–Crippen LogP) is 4.43. The Kier molecular flexibility index (Phi) is 6.31. The molecule has 21 heavy (non-hydrogen) atoms. The molecule has 1 heterocycles. The zero-order chi connectivity index (χ0) is 15.2. The van der Waals surface area contributed by atoms with Crippen LogP contribution in [0, 0.1) is 18.8 Å². The average Bonchev–Trinajstić information content (AvgIpc) is 2.78. The number of nitrogens with one attached hydrogen (secondary N) is 1. The molecule has 0 saturated heterocycles. The van der Waals surface area contributed by atoms with Crippen molar-refractivity contribution in [2.24, 2.45) is 11.8 Å². The highest BCUT2D eigenvalue weighted by Crippen LogP contribution is 2.26. The summed E-state index contributed by atoms with van der Waals surface area (Å²) in [6, 6.07) is 2.12. The molecule has 120 valence electrons. The van der Waals surface area contributed by atoms with Crippen LogP contribution in [-0.2, 0) is 17.9 Å². The molecule has 1 N–H and O–H groups in total. The third-order valence-corrected chi connectivity index (χ3v) is 4.33. The van der Waals surface area contributed by atoms with Crippen molar-refractivity contribution in [2.75, 3.05) is 6.54 Å². The maximum absolute atomic E-state index is 6.01. The van der Waals surface area contributed by atoms with Gasteiger partial charge in [0.05, 0.1) is 12.6 Å². The summed E-state index contributed by atoms with van der Waals surface area (Å²) in [6.07, 6.45) is 5.42. The second kappa shape index (κ2) is 8.00. The van der Waals surface area contributed by atoms with Crippen LogP contribution in [0.4, 0.5) is 0 Å². The van der Waals surface area contributed by atoms with Gasteiger partial charge in [0.15, 0.2) is 0 Å². The third kappa shape index (κ3) is 5.48. The summed E-state index contributed by atoms with van der Waals surface area (Å²) in [6.45, 7) is 11.3. The smallest absolute Gasteiger partial charge is 0.130 e. The van der Waals surface area contributed by atoms with E-state index in [4.69, 9.17) is 9.15 Å². The topological polar surface area (TPSA) is 34.4 Å². The van der Waals surface area contributed by atoms with Crippen molar-refractivity contribution < 1.29 is 9.15 Å². The van der Waals surface area contributed by atoms with Crippen LogP contribution in [0.5, 0.6) is 0 Å². The molecule has 3 heteroatoms. The summed E-state index contributed by atoms with van der Waals surface area (Å²) < 4.78 is 11.9. The zero-order valence-corrected chi connectivity index (χ0v) is 14.1. The van der Waals surface area contributed by atoms with Gasteiger partial charge in [0, 0.05) is 0 Å². The highest BCUT2D eigenvalue weighted by Gasteiger charge is 2.19. The van der Waals surface area contributed by atoms with E-state index in [-0.39, 0.29) is 0 Å². The van der Waals surface area contributed by atoms with Crippen molar-refractivity contribution in [1.29, 1.82) is 0 Å². The second-order valence-corrected chi connectivity index (χ2v) is 7.04. The minimum absolute atomic E-state index is 0.425. The van der Waals surface area contributed by atoms with E-state index in [0.717, 1.165) is 30.5 Å². The second-order valence-electron chi connectivity index (χ2n) is 7.04. The van der Waals surface area contributed by atoms with E-state index in [1.807, 2.05) is 0 Å². The molecule has 0 radical (unpaired) electrons. The molecule has 0 aliphatic heterocycles. The number of hydrogen-bond acceptors (Lipinski definition) is 3. The number of aryl methyl sites for hydroxylation is 1. The molecule has 0 spiro atoms. The first-order valence-electron chi connectivity index (χ1n) is 8.45. The van der Waals surface area contributed by atoms with Gasteiger partial charge in [-0.25, -0.2) is 0 Å². The first-order valence-corrected chi connectivity index (χ1v) is 8.45. The Balaban J connectivity index is 1.76. The van der Waals surface area contributed by atoms with Crippen LogP contribution in [-0.4, -0.2) is 12.6 Å². The highest BCUT2D eigenvalue weighted by atomic mass is 16.5. The Morgan fingerprint density at radius 3 is 2.67 bits per heavy atom. The molecule has 0 bridgehead atoms. The Morgan fingerprint density at radius 2 is 2.00 bits per heavy atom. The Bertz CT molecular complexity index is 417. The zero-order valence-electron chi connectivity index (χ0n) is 14.1. The molecule has 0 aromatic carbocycles. The SMILES string of the molecule is Cc1cc(COC2CCC(C)CC2)oc1CNCC(C)C. The van der Waals surface area contributed by atoms with Crippen LogP contribution in [0.2, 0.25) is 0 Å². The van der Waals surface area contributed by atoms with Gasteiger partial charge in [-0.3, -0.25) is 0 Å². The van der Waals surface area contributed by atoms with Gasteiger partial charge in [-0.05, 0) is 62.6 Å². The first kappa shape index (κ1) is 16.6. The molecule has 0 unspecified atom stereocenters. The molecule has 1 aliphatic rings. The average molecular weight is 293 g/mol. The van der Waals surface area contributed by atoms with E-state index in [1.54, 1.807) is 0 Å². The molecule has 1 aromatic rings. The van der Waals surface area contributed by atoms with Gasteiger partial charge >= 0.3 is 0 Å². The van der Waals surface area contributed by atoms with Crippen molar-refractivity contribution in [2.45, 2.75) is 72.6 Å². The van der Waals surface area contributed by atoms with Crippen LogP contribution in [0.3, 0.4) is 0 Å². The molecule has 3 nitrogen and oxygen atoms in total. The lowest BCUT2D eigenvalue weighted by Crippen LogP contribution is -2.20. The van der Waals surface area contributed by atoms with Gasteiger partial charge < -0.3 is 14.5 Å². The summed E-state index contributed by atoms with van der Waals surface area (Å²) in [4.78, 5) is 0. The highest BCUT2D eigenvalue weighted by molar-refractivity contribution is 5.19. The molecule has 0 amide bonds. The maximum Gasteiger partial charge on any atom is 0.130 e. The third-order valence-electron chi connectivity index (χ3n) is 4.33. The lowest BCUT2D eigenvalue weighted by molar-refractivity contribution is 0.000893. The lowest BCUT2D eigenvalue weighted by Gasteiger charge is -2.25. The van der Waals surface area contributed by atoms with E-state index in [9.17, 15) is 0 Å². The Labute approximate surface area is 129 Å². The number of furan rings is 1. The quantitative estimate of drug-likeness (QED) is 0.807. The lowest BCUT2D eigenvalue weighted by atomic mass is 9.89. The predicted molar refractivity (Wildman–Crippen MR) is 86.2 cm³/mol. The summed E-state index contributed by atoms with van der Waals surface area (Å²) in [7, 11) is 0.